The zero-order chi connectivity index (χ0) is 13.8. The quantitative estimate of drug-likeness (QED) is 0.845. The first kappa shape index (κ1) is 13.2. The van der Waals surface area contributed by atoms with Crippen molar-refractivity contribution in [3.8, 4) is 5.75 Å². The summed E-state index contributed by atoms with van der Waals surface area (Å²) in [6.07, 6.45) is 0.274. The Kier molecular flexibility index (Phi) is 3.89. The summed E-state index contributed by atoms with van der Waals surface area (Å²) in [5, 5.41) is 2.56. The van der Waals surface area contributed by atoms with Crippen molar-refractivity contribution in [2.45, 2.75) is 19.4 Å². The van der Waals surface area contributed by atoms with Crippen molar-refractivity contribution in [2.24, 2.45) is 5.73 Å². The van der Waals surface area contributed by atoms with Crippen LogP contribution in [0.2, 0.25) is 0 Å². The van der Waals surface area contributed by atoms with Crippen LogP contribution in [0.25, 0.3) is 0 Å². The number of nitrogens with two attached hydrogens (primary N) is 1. The first-order valence-electron chi connectivity index (χ1n) is 6.19. The lowest BCUT2D eigenvalue weighted by Gasteiger charge is -2.17. The molecule has 0 unspecified atom stereocenters. The largest absolute Gasteiger partial charge is 0.494 e. The number of benzene rings is 1. The molecule has 0 bridgehead atoms. The summed E-state index contributed by atoms with van der Waals surface area (Å²) in [4.78, 5) is 24.3. The van der Waals surface area contributed by atoms with Gasteiger partial charge < -0.3 is 20.7 Å². The average molecular weight is 263 g/mol. The Morgan fingerprint density at radius 1 is 1.47 bits per heavy atom. The van der Waals surface area contributed by atoms with Crippen LogP contribution in [0.5, 0.6) is 5.75 Å². The summed E-state index contributed by atoms with van der Waals surface area (Å²) in [5.41, 5.74) is 5.85. The molecule has 2 rings (SSSR count). The van der Waals surface area contributed by atoms with E-state index in [1.807, 2.05) is 31.2 Å². The lowest BCUT2D eigenvalue weighted by molar-refractivity contribution is -0.117. The van der Waals surface area contributed by atoms with E-state index in [-0.39, 0.29) is 18.4 Å². The summed E-state index contributed by atoms with van der Waals surface area (Å²) < 4.78 is 5.35. The number of rotatable bonds is 4. The molecule has 3 N–H and O–H groups in total. The van der Waals surface area contributed by atoms with Gasteiger partial charge in [0, 0.05) is 18.7 Å². The molecular formula is C13H17N3O3. The number of amides is 3. The third kappa shape index (κ3) is 3.15. The Labute approximate surface area is 111 Å². The molecule has 1 saturated heterocycles. The predicted molar refractivity (Wildman–Crippen MR) is 71.1 cm³/mol. The first-order chi connectivity index (χ1) is 9.10. The highest BCUT2D eigenvalue weighted by atomic mass is 16.5. The van der Waals surface area contributed by atoms with E-state index in [2.05, 4.69) is 5.32 Å². The SMILES string of the molecule is CCOc1ccc(N2C[C@H](NC(N)=O)CC2=O)cc1. The van der Waals surface area contributed by atoms with Gasteiger partial charge >= 0.3 is 6.03 Å². The molecule has 102 valence electrons. The number of hydrogen-bond donors (Lipinski definition) is 2. The molecule has 1 aliphatic heterocycles. The van der Waals surface area contributed by atoms with Gasteiger partial charge in [0.15, 0.2) is 0 Å². The lowest BCUT2D eigenvalue weighted by atomic mass is 10.2. The number of urea groups is 1. The molecule has 19 heavy (non-hydrogen) atoms. The lowest BCUT2D eigenvalue weighted by Crippen LogP contribution is -2.40. The Morgan fingerprint density at radius 3 is 2.74 bits per heavy atom. The maximum absolute atomic E-state index is 11.9. The molecule has 1 heterocycles. The van der Waals surface area contributed by atoms with E-state index in [4.69, 9.17) is 10.5 Å². The fraction of sp³-hybridized carbons (Fsp3) is 0.385. The van der Waals surface area contributed by atoms with Gasteiger partial charge in [0.1, 0.15) is 5.75 Å². The van der Waals surface area contributed by atoms with Gasteiger partial charge in [-0.3, -0.25) is 4.79 Å². The highest BCUT2D eigenvalue weighted by Crippen LogP contribution is 2.24. The van der Waals surface area contributed by atoms with Crippen LogP contribution in [0.1, 0.15) is 13.3 Å². The first-order valence-corrected chi connectivity index (χ1v) is 6.19. The minimum absolute atomic E-state index is 0.0251. The van der Waals surface area contributed by atoms with Crippen LogP contribution in [-0.2, 0) is 4.79 Å². The second-order valence-corrected chi connectivity index (χ2v) is 4.34. The molecule has 1 aromatic carbocycles. The van der Waals surface area contributed by atoms with E-state index < -0.39 is 6.03 Å². The van der Waals surface area contributed by atoms with Crippen LogP contribution in [0.4, 0.5) is 10.5 Å². The van der Waals surface area contributed by atoms with Crippen LogP contribution >= 0.6 is 0 Å². The van der Waals surface area contributed by atoms with Crippen LogP contribution in [0, 0.1) is 0 Å². The Balaban J connectivity index is 2.05. The zero-order valence-electron chi connectivity index (χ0n) is 10.8. The number of hydrogen-bond acceptors (Lipinski definition) is 3. The Hall–Kier alpha value is -2.24. The fourth-order valence-electron chi connectivity index (χ4n) is 2.14. The maximum atomic E-state index is 11.9. The van der Waals surface area contributed by atoms with Gasteiger partial charge in [-0.1, -0.05) is 0 Å². The van der Waals surface area contributed by atoms with E-state index in [9.17, 15) is 9.59 Å². The maximum Gasteiger partial charge on any atom is 0.312 e. The summed E-state index contributed by atoms with van der Waals surface area (Å²) in [7, 11) is 0. The smallest absolute Gasteiger partial charge is 0.312 e. The van der Waals surface area contributed by atoms with Gasteiger partial charge in [-0.05, 0) is 31.2 Å². The molecule has 6 nitrogen and oxygen atoms in total. The van der Waals surface area contributed by atoms with Crippen molar-refractivity contribution in [3.63, 3.8) is 0 Å². The highest BCUT2D eigenvalue weighted by Gasteiger charge is 2.31. The molecule has 1 atom stereocenters. The van der Waals surface area contributed by atoms with Crippen LogP contribution < -0.4 is 20.7 Å². The molecule has 6 heteroatoms. The normalized spacial score (nSPS) is 18.5. The molecule has 1 aromatic rings. The molecule has 0 aliphatic carbocycles. The molecule has 0 radical (unpaired) electrons. The average Bonchev–Trinajstić information content (AvgIpc) is 2.71. The summed E-state index contributed by atoms with van der Waals surface area (Å²) in [6.45, 7) is 2.96. The van der Waals surface area contributed by atoms with E-state index in [1.165, 1.54) is 0 Å². The number of nitrogens with zero attached hydrogens (tertiary/aromatic N) is 1. The second kappa shape index (κ2) is 5.60. The van der Waals surface area contributed by atoms with Crippen molar-refractivity contribution in [1.82, 2.24) is 5.32 Å². The van der Waals surface area contributed by atoms with Crippen LogP contribution in [0.15, 0.2) is 24.3 Å². The molecule has 1 fully saturated rings. The van der Waals surface area contributed by atoms with Gasteiger partial charge in [-0.15, -0.1) is 0 Å². The van der Waals surface area contributed by atoms with Crippen molar-refractivity contribution in [1.29, 1.82) is 0 Å². The molecule has 3 amide bonds. The number of nitrogens with one attached hydrogen (secondary N) is 1. The van der Waals surface area contributed by atoms with Crippen molar-refractivity contribution >= 4 is 17.6 Å². The summed E-state index contributed by atoms with van der Waals surface area (Å²) in [5.74, 6) is 0.743. The van der Waals surface area contributed by atoms with E-state index in [1.54, 1.807) is 4.90 Å². The van der Waals surface area contributed by atoms with Gasteiger partial charge in [-0.25, -0.2) is 4.79 Å². The number of carbonyl (C=O) groups excluding carboxylic acids is 2. The van der Waals surface area contributed by atoms with Crippen molar-refractivity contribution in [2.75, 3.05) is 18.1 Å². The van der Waals surface area contributed by atoms with Gasteiger partial charge in [-0.2, -0.15) is 0 Å². The van der Waals surface area contributed by atoms with Gasteiger partial charge in [0.2, 0.25) is 5.91 Å². The second-order valence-electron chi connectivity index (χ2n) is 4.34. The zero-order valence-corrected chi connectivity index (χ0v) is 10.8. The topological polar surface area (TPSA) is 84.7 Å². The van der Waals surface area contributed by atoms with Gasteiger partial charge in [0.05, 0.1) is 12.6 Å². The number of anilines is 1. The number of ether oxygens (including phenoxy) is 1. The number of carbonyl (C=O) groups is 2. The molecular weight excluding hydrogens is 246 g/mol. The van der Waals surface area contributed by atoms with Crippen LogP contribution in [-0.4, -0.2) is 31.1 Å². The van der Waals surface area contributed by atoms with E-state index >= 15 is 0 Å². The molecule has 0 saturated carbocycles. The molecule has 0 spiro atoms. The van der Waals surface area contributed by atoms with Crippen molar-refractivity contribution in [3.05, 3.63) is 24.3 Å². The standard InChI is InChI=1S/C13H17N3O3/c1-2-19-11-5-3-10(4-6-11)16-8-9(7-12(16)17)15-13(14)18/h3-6,9H,2,7-8H2,1H3,(H3,14,15,18)/t9-/m1/s1. The highest BCUT2D eigenvalue weighted by molar-refractivity contribution is 5.96. The summed E-state index contributed by atoms with van der Waals surface area (Å²) >= 11 is 0. The number of primary amides is 1. The Bertz CT molecular complexity index is 473. The van der Waals surface area contributed by atoms with E-state index in [0.717, 1.165) is 11.4 Å². The molecule has 1 aliphatic rings. The minimum atomic E-state index is -0.605. The minimum Gasteiger partial charge on any atom is -0.494 e. The van der Waals surface area contributed by atoms with Crippen molar-refractivity contribution < 1.29 is 14.3 Å². The third-order valence-electron chi connectivity index (χ3n) is 2.93. The van der Waals surface area contributed by atoms with E-state index in [0.29, 0.717) is 13.2 Å². The Morgan fingerprint density at radius 2 is 2.16 bits per heavy atom. The van der Waals surface area contributed by atoms with Gasteiger partial charge in [0.25, 0.3) is 0 Å². The third-order valence-corrected chi connectivity index (χ3v) is 2.93. The monoisotopic (exact) mass is 263 g/mol. The summed E-state index contributed by atoms with van der Waals surface area (Å²) in [6, 6.07) is 6.47. The predicted octanol–water partition coefficient (Wildman–Crippen LogP) is 0.859. The molecule has 0 aromatic heterocycles. The van der Waals surface area contributed by atoms with Crippen LogP contribution in [0.3, 0.4) is 0 Å². The fourth-order valence-corrected chi connectivity index (χ4v) is 2.14.